The highest BCUT2D eigenvalue weighted by Crippen LogP contribution is 2.28. The number of hydrogen-bond donors (Lipinski definition) is 1. The van der Waals surface area contributed by atoms with Crippen molar-refractivity contribution in [2.75, 3.05) is 0 Å². The molecule has 0 radical (unpaired) electrons. The van der Waals surface area contributed by atoms with Gasteiger partial charge in [-0.05, 0) is 23.8 Å². The van der Waals surface area contributed by atoms with Crippen LogP contribution in [0.2, 0.25) is 0 Å². The number of halogens is 1. The van der Waals surface area contributed by atoms with Gasteiger partial charge in [0.1, 0.15) is 12.4 Å². The lowest BCUT2D eigenvalue weighted by Gasteiger charge is -2.07. The van der Waals surface area contributed by atoms with Gasteiger partial charge in [-0.2, -0.15) is 0 Å². The summed E-state index contributed by atoms with van der Waals surface area (Å²) >= 11 is 0. The van der Waals surface area contributed by atoms with Crippen LogP contribution in [0.1, 0.15) is 15.9 Å². The Morgan fingerprint density at radius 1 is 1.24 bits per heavy atom. The number of hydrogen-bond acceptors (Lipinski definition) is 4. The van der Waals surface area contributed by atoms with Crippen LogP contribution in [0, 0.1) is 15.9 Å². The van der Waals surface area contributed by atoms with Crippen LogP contribution in [0.15, 0.2) is 42.5 Å². The zero-order chi connectivity index (χ0) is 15.4. The van der Waals surface area contributed by atoms with Gasteiger partial charge < -0.3 is 10.5 Å². The highest BCUT2D eigenvalue weighted by molar-refractivity contribution is 5.92. The molecular weight excluding hydrogens is 279 g/mol. The maximum Gasteiger partial charge on any atom is 0.311 e. The first kappa shape index (κ1) is 14.4. The summed E-state index contributed by atoms with van der Waals surface area (Å²) in [5.41, 5.74) is 5.81. The Kier molecular flexibility index (Phi) is 4.13. The standard InChI is InChI=1S/C14H11FN2O4/c15-11-5-6-12(17(19)20)13(7-11)21-8-9-1-3-10(4-2-9)14(16)18/h1-7H,8H2,(H2,16,18). The Morgan fingerprint density at radius 2 is 1.90 bits per heavy atom. The molecule has 0 unspecified atom stereocenters. The van der Waals surface area contributed by atoms with Gasteiger partial charge in [-0.1, -0.05) is 12.1 Å². The van der Waals surface area contributed by atoms with Crippen molar-refractivity contribution >= 4 is 11.6 Å². The van der Waals surface area contributed by atoms with E-state index in [1.807, 2.05) is 0 Å². The van der Waals surface area contributed by atoms with Gasteiger partial charge in [0.25, 0.3) is 0 Å². The first-order valence-corrected chi connectivity index (χ1v) is 5.93. The summed E-state index contributed by atoms with van der Waals surface area (Å²) in [6, 6.07) is 9.22. The Hall–Kier alpha value is -2.96. The van der Waals surface area contributed by atoms with Gasteiger partial charge in [0.15, 0.2) is 5.75 Å². The molecule has 0 aliphatic heterocycles. The number of ether oxygens (including phenoxy) is 1. The second-order valence-corrected chi connectivity index (χ2v) is 4.22. The SMILES string of the molecule is NC(=O)c1ccc(COc2cc(F)ccc2[N+](=O)[O-])cc1. The predicted molar refractivity (Wildman–Crippen MR) is 72.3 cm³/mol. The average molecular weight is 290 g/mol. The average Bonchev–Trinajstić information content (AvgIpc) is 2.45. The fourth-order valence-electron chi connectivity index (χ4n) is 1.68. The van der Waals surface area contributed by atoms with Crippen molar-refractivity contribution in [1.82, 2.24) is 0 Å². The Balaban J connectivity index is 2.14. The first-order valence-electron chi connectivity index (χ1n) is 5.93. The molecule has 2 aromatic rings. The third-order valence-electron chi connectivity index (χ3n) is 2.75. The summed E-state index contributed by atoms with van der Waals surface area (Å²) in [6.45, 7) is 0.00331. The maximum atomic E-state index is 13.1. The minimum absolute atomic E-state index is 0.00331. The van der Waals surface area contributed by atoms with E-state index < -0.39 is 16.6 Å². The number of nitro benzene ring substituents is 1. The van der Waals surface area contributed by atoms with E-state index in [2.05, 4.69) is 0 Å². The van der Waals surface area contributed by atoms with Crippen molar-refractivity contribution in [3.8, 4) is 5.75 Å². The van der Waals surface area contributed by atoms with E-state index in [9.17, 15) is 19.3 Å². The topological polar surface area (TPSA) is 95.5 Å². The van der Waals surface area contributed by atoms with Crippen molar-refractivity contribution in [2.24, 2.45) is 5.73 Å². The summed E-state index contributed by atoms with van der Waals surface area (Å²) in [7, 11) is 0. The third kappa shape index (κ3) is 3.53. The molecule has 0 heterocycles. The molecule has 0 spiro atoms. The van der Waals surface area contributed by atoms with Crippen molar-refractivity contribution in [3.63, 3.8) is 0 Å². The molecule has 0 saturated carbocycles. The van der Waals surface area contributed by atoms with Gasteiger partial charge in [0.2, 0.25) is 5.91 Å². The Morgan fingerprint density at radius 3 is 2.48 bits per heavy atom. The lowest BCUT2D eigenvalue weighted by atomic mass is 10.1. The molecule has 7 heteroatoms. The fourth-order valence-corrected chi connectivity index (χ4v) is 1.68. The van der Waals surface area contributed by atoms with Crippen LogP contribution in [-0.4, -0.2) is 10.8 Å². The van der Waals surface area contributed by atoms with E-state index in [4.69, 9.17) is 10.5 Å². The van der Waals surface area contributed by atoms with E-state index in [1.54, 1.807) is 12.1 Å². The van der Waals surface area contributed by atoms with Crippen LogP contribution in [0.4, 0.5) is 10.1 Å². The molecule has 0 saturated heterocycles. The van der Waals surface area contributed by atoms with Crippen molar-refractivity contribution in [3.05, 3.63) is 69.5 Å². The second kappa shape index (κ2) is 6.00. The van der Waals surface area contributed by atoms with E-state index in [0.29, 0.717) is 11.1 Å². The second-order valence-electron chi connectivity index (χ2n) is 4.22. The summed E-state index contributed by atoms with van der Waals surface area (Å²) < 4.78 is 18.4. The van der Waals surface area contributed by atoms with Crippen molar-refractivity contribution < 1.29 is 18.8 Å². The van der Waals surface area contributed by atoms with Crippen LogP contribution >= 0.6 is 0 Å². The predicted octanol–water partition coefficient (Wildman–Crippen LogP) is 2.41. The van der Waals surface area contributed by atoms with Gasteiger partial charge in [-0.15, -0.1) is 0 Å². The van der Waals surface area contributed by atoms with Gasteiger partial charge >= 0.3 is 5.69 Å². The zero-order valence-electron chi connectivity index (χ0n) is 10.8. The summed E-state index contributed by atoms with van der Waals surface area (Å²) in [4.78, 5) is 21.1. The molecular formula is C14H11FN2O4. The van der Waals surface area contributed by atoms with Crippen molar-refractivity contribution in [1.29, 1.82) is 0 Å². The molecule has 108 valence electrons. The molecule has 0 bridgehead atoms. The molecule has 0 aromatic heterocycles. The molecule has 1 amide bonds. The summed E-state index contributed by atoms with van der Waals surface area (Å²) in [6.07, 6.45) is 0. The number of benzene rings is 2. The van der Waals surface area contributed by atoms with Crippen LogP contribution in [0.25, 0.3) is 0 Å². The molecule has 0 aliphatic carbocycles. The highest BCUT2D eigenvalue weighted by Gasteiger charge is 2.16. The van der Waals surface area contributed by atoms with E-state index in [-0.39, 0.29) is 18.0 Å². The summed E-state index contributed by atoms with van der Waals surface area (Å²) in [5.74, 6) is -1.33. The molecule has 2 rings (SSSR count). The maximum absolute atomic E-state index is 13.1. The Labute approximate surface area is 119 Å². The molecule has 6 nitrogen and oxygen atoms in total. The number of amides is 1. The normalized spacial score (nSPS) is 10.1. The fraction of sp³-hybridized carbons (Fsp3) is 0.0714. The molecule has 2 N–H and O–H groups in total. The van der Waals surface area contributed by atoms with E-state index >= 15 is 0 Å². The quantitative estimate of drug-likeness (QED) is 0.675. The third-order valence-corrected chi connectivity index (χ3v) is 2.75. The first-order chi connectivity index (χ1) is 9.97. The minimum atomic E-state index is -0.648. The van der Waals surface area contributed by atoms with Gasteiger partial charge in [-0.3, -0.25) is 14.9 Å². The van der Waals surface area contributed by atoms with Crippen LogP contribution < -0.4 is 10.5 Å². The number of carbonyl (C=O) groups is 1. The minimum Gasteiger partial charge on any atom is -0.482 e. The molecule has 21 heavy (non-hydrogen) atoms. The lowest BCUT2D eigenvalue weighted by molar-refractivity contribution is -0.386. The number of nitrogens with zero attached hydrogens (tertiary/aromatic N) is 1. The van der Waals surface area contributed by atoms with E-state index in [1.165, 1.54) is 12.1 Å². The lowest BCUT2D eigenvalue weighted by Crippen LogP contribution is -2.10. The van der Waals surface area contributed by atoms with Crippen LogP contribution in [0.3, 0.4) is 0 Å². The smallest absolute Gasteiger partial charge is 0.311 e. The van der Waals surface area contributed by atoms with Gasteiger partial charge in [0.05, 0.1) is 4.92 Å². The number of carbonyl (C=O) groups excluding carboxylic acids is 1. The highest BCUT2D eigenvalue weighted by atomic mass is 19.1. The summed E-state index contributed by atoms with van der Waals surface area (Å²) in [5, 5.41) is 10.8. The largest absolute Gasteiger partial charge is 0.482 e. The number of primary amides is 1. The molecule has 0 atom stereocenters. The molecule has 0 aliphatic rings. The zero-order valence-corrected chi connectivity index (χ0v) is 10.8. The molecule has 2 aromatic carbocycles. The van der Waals surface area contributed by atoms with E-state index in [0.717, 1.165) is 18.2 Å². The molecule has 0 fully saturated rings. The number of rotatable bonds is 5. The van der Waals surface area contributed by atoms with Crippen LogP contribution in [-0.2, 0) is 6.61 Å². The monoisotopic (exact) mass is 290 g/mol. The Bertz CT molecular complexity index is 686. The van der Waals surface area contributed by atoms with Crippen LogP contribution in [0.5, 0.6) is 5.75 Å². The number of nitrogens with two attached hydrogens (primary N) is 1. The van der Waals surface area contributed by atoms with Gasteiger partial charge in [0, 0.05) is 17.7 Å². The van der Waals surface area contributed by atoms with Crippen molar-refractivity contribution in [2.45, 2.75) is 6.61 Å². The van der Waals surface area contributed by atoms with Gasteiger partial charge in [-0.25, -0.2) is 4.39 Å². The number of nitro groups is 1.